The molecule has 0 spiro atoms. The van der Waals surface area contributed by atoms with Gasteiger partial charge in [-0.3, -0.25) is 4.79 Å². The zero-order valence-electron chi connectivity index (χ0n) is 19.6. The number of alkyl carbamates (subject to hydrolysis) is 1. The number of carboxylic acids is 1. The van der Waals surface area contributed by atoms with E-state index in [-0.39, 0.29) is 25.0 Å². The first-order chi connectivity index (χ1) is 15.6. The Labute approximate surface area is 194 Å². The zero-order chi connectivity index (χ0) is 24.2. The van der Waals surface area contributed by atoms with Crippen molar-refractivity contribution in [2.75, 3.05) is 13.2 Å². The Morgan fingerprint density at radius 3 is 2.06 bits per heavy atom. The lowest BCUT2D eigenvalue weighted by molar-refractivity contribution is -0.145. The number of carbonyl (C=O) groups excluding carboxylic acids is 2. The molecule has 0 saturated carbocycles. The SMILES string of the molecule is CC(CCNC(=O)OCC1c2ccccc2-c2ccccc21)C(=O)N[C@H](C(=O)O)C(C)(C)C. The molecule has 0 aliphatic heterocycles. The van der Waals surface area contributed by atoms with E-state index in [2.05, 4.69) is 34.9 Å². The molecule has 2 atom stereocenters. The second-order valence-corrected chi connectivity index (χ2v) is 9.59. The first-order valence-corrected chi connectivity index (χ1v) is 11.2. The summed E-state index contributed by atoms with van der Waals surface area (Å²) in [7, 11) is 0. The molecule has 2 aromatic rings. The molecule has 0 radical (unpaired) electrons. The van der Waals surface area contributed by atoms with Crippen LogP contribution in [0.2, 0.25) is 0 Å². The number of rotatable bonds is 8. The molecule has 0 heterocycles. The van der Waals surface area contributed by atoms with Gasteiger partial charge in [0.15, 0.2) is 0 Å². The maximum absolute atomic E-state index is 12.4. The van der Waals surface area contributed by atoms with Gasteiger partial charge in [-0.25, -0.2) is 9.59 Å². The number of ether oxygens (including phenoxy) is 1. The molecule has 0 bridgehead atoms. The number of hydrogen-bond acceptors (Lipinski definition) is 4. The van der Waals surface area contributed by atoms with Crippen LogP contribution in [0.5, 0.6) is 0 Å². The van der Waals surface area contributed by atoms with Gasteiger partial charge in [-0.1, -0.05) is 76.2 Å². The van der Waals surface area contributed by atoms with Crippen LogP contribution in [0.15, 0.2) is 48.5 Å². The van der Waals surface area contributed by atoms with Gasteiger partial charge in [0.05, 0.1) is 0 Å². The van der Waals surface area contributed by atoms with Crippen molar-refractivity contribution in [1.29, 1.82) is 0 Å². The van der Waals surface area contributed by atoms with Crippen LogP contribution in [0.1, 0.15) is 51.2 Å². The third kappa shape index (κ3) is 5.72. The fourth-order valence-corrected chi connectivity index (χ4v) is 4.10. The molecular formula is C26H32N2O5. The summed E-state index contributed by atoms with van der Waals surface area (Å²) in [5.74, 6) is -1.90. The van der Waals surface area contributed by atoms with Crippen LogP contribution in [-0.2, 0) is 14.3 Å². The van der Waals surface area contributed by atoms with E-state index in [4.69, 9.17) is 4.74 Å². The standard InChI is InChI=1S/C26H32N2O5/c1-16(23(29)28-22(24(30)31)26(2,3)4)13-14-27-25(32)33-15-21-19-11-7-5-9-17(19)18-10-6-8-12-20(18)21/h5-12,16,21-22H,13-15H2,1-4H3,(H,27,32)(H,28,29)(H,30,31)/t16?,22-/m1/s1. The van der Waals surface area contributed by atoms with E-state index in [9.17, 15) is 19.5 Å². The number of nitrogens with one attached hydrogen (secondary N) is 2. The molecule has 176 valence electrons. The van der Waals surface area contributed by atoms with Crippen molar-refractivity contribution < 1.29 is 24.2 Å². The van der Waals surface area contributed by atoms with Crippen molar-refractivity contribution >= 4 is 18.0 Å². The van der Waals surface area contributed by atoms with Gasteiger partial charge in [-0.15, -0.1) is 0 Å². The summed E-state index contributed by atoms with van der Waals surface area (Å²) in [4.78, 5) is 36.1. The maximum Gasteiger partial charge on any atom is 0.407 e. The Kier molecular flexibility index (Phi) is 7.41. The normalized spacial score (nSPS) is 14.5. The molecule has 1 aliphatic carbocycles. The van der Waals surface area contributed by atoms with Crippen LogP contribution in [0, 0.1) is 11.3 Å². The summed E-state index contributed by atoms with van der Waals surface area (Å²) in [6.45, 7) is 7.46. The summed E-state index contributed by atoms with van der Waals surface area (Å²) >= 11 is 0. The minimum Gasteiger partial charge on any atom is -0.480 e. The van der Waals surface area contributed by atoms with Crippen LogP contribution < -0.4 is 10.6 Å². The summed E-state index contributed by atoms with van der Waals surface area (Å²) in [5.41, 5.74) is 4.00. The predicted octanol–water partition coefficient (Wildman–Crippen LogP) is 4.17. The van der Waals surface area contributed by atoms with Gasteiger partial charge in [0, 0.05) is 18.4 Å². The molecule has 2 aromatic carbocycles. The van der Waals surface area contributed by atoms with E-state index >= 15 is 0 Å². The maximum atomic E-state index is 12.4. The number of carboxylic acid groups (broad SMARTS) is 1. The first kappa shape index (κ1) is 24.3. The molecule has 0 aromatic heterocycles. The monoisotopic (exact) mass is 452 g/mol. The van der Waals surface area contributed by atoms with Crippen LogP contribution in [-0.4, -0.2) is 42.3 Å². The molecule has 1 aliphatic rings. The van der Waals surface area contributed by atoms with E-state index in [0.29, 0.717) is 6.42 Å². The number of aliphatic carboxylic acids is 1. The van der Waals surface area contributed by atoms with Gasteiger partial charge in [-0.2, -0.15) is 0 Å². The van der Waals surface area contributed by atoms with E-state index < -0.39 is 29.4 Å². The van der Waals surface area contributed by atoms with Crippen LogP contribution in [0.3, 0.4) is 0 Å². The summed E-state index contributed by atoms with van der Waals surface area (Å²) in [6.07, 6.45) is -0.172. The Balaban J connectivity index is 1.48. The molecule has 0 fully saturated rings. The fraction of sp³-hybridized carbons (Fsp3) is 0.423. The number of amides is 2. The smallest absolute Gasteiger partial charge is 0.407 e. The van der Waals surface area contributed by atoms with Crippen LogP contribution in [0.4, 0.5) is 4.79 Å². The first-order valence-electron chi connectivity index (χ1n) is 11.2. The molecule has 7 heteroatoms. The van der Waals surface area contributed by atoms with E-state index in [1.54, 1.807) is 27.7 Å². The summed E-state index contributed by atoms with van der Waals surface area (Å²) in [6, 6.07) is 15.3. The second kappa shape index (κ2) is 10.1. The topological polar surface area (TPSA) is 105 Å². The Hall–Kier alpha value is -3.35. The number of benzene rings is 2. The van der Waals surface area contributed by atoms with E-state index in [0.717, 1.165) is 22.3 Å². The minimum absolute atomic E-state index is 0.0156. The summed E-state index contributed by atoms with van der Waals surface area (Å²) in [5, 5.41) is 14.7. The molecular weight excluding hydrogens is 420 g/mol. The fourth-order valence-electron chi connectivity index (χ4n) is 4.10. The lowest BCUT2D eigenvalue weighted by atomic mass is 9.86. The van der Waals surface area contributed by atoms with Gasteiger partial charge < -0.3 is 20.5 Å². The van der Waals surface area contributed by atoms with Gasteiger partial charge in [-0.05, 0) is 34.1 Å². The highest BCUT2D eigenvalue weighted by atomic mass is 16.5. The molecule has 1 unspecified atom stereocenters. The number of hydrogen-bond donors (Lipinski definition) is 3. The van der Waals surface area contributed by atoms with Gasteiger partial charge in [0.25, 0.3) is 0 Å². The van der Waals surface area contributed by atoms with Gasteiger partial charge in [0.1, 0.15) is 12.6 Å². The minimum atomic E-state index is -1.07. The quantitative estimate of drug-likeness (QED) is 0.558. The Bertz CT molecular complexity index is 982. The third-order valence-corrected chi connectivity index (χ3v) is 6.04. The molecule has 33 heavy (non-hydrogen) atoms. The summed E-state index contributed by atoms with van der Waals surface area (Å²) < 4.78 is 5.49. The van der Waals surface area contributed by atoms with Crippen molar-refractivity contribution in [2.24, 2.45) is 11.3 Å². The molecule has 3 rings (SSSR count). The predicted molar refractivity (Wildman–Crippen MR) is 126 cm³/mol. The average molecular weight is 453 g/mol. The molecule has 7 nitrogen and oxygen atoms in total. The van der Waals surface area contributed by atoms with Crippen LogP contribution >= 0.6 is 0 Å². The highest BCUT2D eigenvalue weighted by Gasteiger charge is 2.33. The number of carbonyl (C=O) groups is 3. The van der Waals surface area contributed by atoms with E-state index in [1.165, 1.54) is 0 Å². The van der Waals surface area contributed by atoms with E-state index in [1.807, 2.05) is 24.3 Å². The largest absolute Gasteiger partial charge is 0.480 e. The molecule has 3 N–H and O–H groups in total. The van der Waals surface area contributed by atoms with Crippen molar-refractivity contribution in [2.45, 2.75) is 46.1 Å². The van der Waals surface area contributed by atoms with Crippen molar-refractivity contribution in [1.82, 2.24) is 10.6 Å². The Morgan fingerprint density at radius 2 is 1.55 bits per heavy atom. The highest BCUT2D eigenvalue weighted by molar-refractivity contribution is 5.85. The Morgan fingerprint density at radius 1 is 1.00 bits per heavy atom. The van der Waals surface area contributed by atoms with Crippen LogP contribution in [0.25, 0.3) is 11.1 Å². The molecule has 0 saturated heterocycles. The third-order valence-electron chi connectivity index (χ3n) is 6.04. The lowest BCUT2D eigenvalue weighted by Gasteiger charge is -2.28. The molecule has 2 amide bonds. The van der Waals surface area contributed by atoms with Crippen molar-refractivity contribution in [3.05, 3.63) is 59.7 Å². The zero-order valence-corrected chi connectivity index (χ0v) is 19.6. The number of fused-ring (bicyclic) bond motifs is 3. The van der Waals surface area contributed by atoms with Gasteiger partial charge in [0.2, 0.25) is 5.91 Å². The average Bonchev–Trinajstić information content (AvgIpc) is 3.08. The van der Waals surface area contributed by atoms with Crippen molar-refractivity contribution in [3.63, 3.8) is 0 Å². The van der Waals surface area contributed by atoms with Gasteiger partial charge >= 0.3 is 12.1 Å². The lowest BCUT2D eigenvalue weighted by Crippen LogP contribution is -2.50. The second-order valence-electron chi connectivity index (χ2n) is 9.59. The highest BCUT2D eigenvalue weighted by Crippen LogP contribution is 2.44. The van der Waals surface area contributed by atoms with Crippen molar-refractivity contribution in [3.8, 4) is 11.1 Å².